The van der Waals surface area contributed by atoms with Gasteiger partial charge in [0.05, 0.1) is 11.9 Å². The monoisotopic (exact) mass is 155 g/mol. The number of nitrogens with zero attached hydrogens (tertiary/aromatic N) is 1. The number of carbonyl (C=O) groups is 1. The van der Waals surface area contributed by atoms with Gasteiger partial charge in [0, 0.05) is 6.20 Å². The van der Waals surface area contributed by atoms with Crippen LogP contribution in [0.2, 0.25) is 0 Å². The largest absolute Gasteiger partial charge is 0.335 e. The van der Waals surface area contributed by atoms with E-state index in [4.69, 9.17) is 0 Å². The molecule has 0 spiro atoms. The molecule has 0 bridgehead atoms. The molecular weight excluding hydrogens is 150 g/mol. The number of aromatic nitrogens is 2. The quantitative estimate of drug-likeness (QED) is 0.488. The van der Waals surface area contributed by atoms with Gasteiger partial charge in [0.25, 0.3) is 0 Å². The molecule has 52 valence electrons. The first-order chi connectivity index (χ1) is 4.83. The molecule has 1 heterocycles. The molecule has 0 aliphatic rings. The van der Waals surface area contributed by atoms with Gasteiger partial charge in [-0.3, -0.25) is 4.79 Å². The first-order valence-electron chi connectivity index (χ1n) is 2.58. The van der Waals surface area contributed by atoms with Crippen LogP contribution in [0.4, 0.5) is 5.69 Å². The Labute approximate surface area is 62.3 Å². The van der Waals surface area contributed by atoms with E-state index in [1.54, 1.807) is 6.20 Å². The third-order valence-electron chi connectivity index (χ3n) is 0.898. The molecule has 1 rings (SSSR count). The number of H-pyrrole nitrogens is 1. The van der Waals surface area contributed by atoms with E-state index in [0.29, 0.717) is 16.9 Å². The molecule has 0 radical (unpaired) electrons. The summed E-state index contributed by atoms with van der Waals surface area (Å²) in [6.07, 6.45) is 3.63. The van der Waals surface area contributed by atoms with Gasteiger partial charge in [0.15, 0.2) is 4.77 Å². The summed E-state index contributed by atoms with van der Waals surface area (Å²) in [6.45, 7) is 0. The van der Waals surface area contributed by atoms with Crippen LogP contribution in [0.3, 0.4) is 0 Å². The van der Waals surface area contributed by atoms with Gasteiger partial charge >= 0.3 is 0 Å². The summed E-state index contributed by atoms with van der Waals surface area (Å²) in [5.41, 5.74) is 0.601. The molecule has 1 aromatic heterocycles. The minimum atomic E-state index is 0.399. The van der Waals surface area contributed by atoms with Crippen LogP contribution in [-0.2, 0) is 4.79 Å². The summed E-state index contributed by atoms with van der Waals surface area (Å²) < 4.78 is 0.399. The second kappa shape index (κ2) is 3.07. The molecule has 0 fully saturated rings. The maximum atomic E-state index is 9.88. The third-order valence-corrected chi connectivity index (χ3v) is 1.12. The summed E-state index contributed by atoms with van der Waals surface area (Å²) in [5, 5.41) is 2.41. The molecule has 0 saturated heterocycles. The molecule has 0 atom stereocenters. The van der Waals surface area contributed by atoms with E-state index in [1.165, 1.54) is 6.20 Å². The Morgan fingerprint density at radius 2 is 2.60 bits per heavy atom. The Bertz CT molecular complexity index is 262. The minimum absolute atomic E-state index is 0.399. The summed E-state index contributed by atoms with van der Waals surface area (Å²) in [6, 6.07) is 0. The maximum absolute atomic E-state index is 9.88. The normalized spacial score (nSPS) is 8.80. The summed E-state index contributed by atoms with van der Waals surface area (Å²) in [4.78, 5) is 16.3. The number of amides is 1. The topological polar surface area (TPSA) is 57.8 Å². The van der Waals surface area contributed by atoms with E-state index in [9.17, 15) is 4.79 Å². The predicted molar refractivity (Wildman–Crippen MR) is 39.1 cm³/mol. The van der Waals surface area contributed by atoms with Crippen LogP contribution in [0.15, 0.2) is 12.4 Å². The van der Waals surface area contributed by atoms with E-state index in [0.717, 1.165) is 0 Å². The molecule has 0 aromatic carbocycles. The standard InChI is InChI=1S/C5H5N3OS/c9-3-8-4-1-6-5(10)7-2-4/h1-3H,(H,8,9)(H,6,7,10). The summed E-state index contributed by atoms with van der Waals surface area (Å²) in [5.74, 6) is 0. The van der Waals surface area contributed by atoms with Gasteiger partial charge < -0.3 is 10.3 Å². The summed E-state index contributed by atoms with van der Waals surface area (Å²) in [7, 11) is 0. The average molecular weight is 155 g/mol. The number of hydrogen-bond acceptors (Lipinski definition) is 3. The van der Waals surface area contributed by atoms with Gasteiger partial charge in [-0.25, -0.2) is 4.98 Å². The highest BCUT2D eigenvalue weighted by molar-refractivity contribution is 7.71. The fourth-order valence-electron chi connectivity index (χ4n) is 0.489. The Morgan fingerprint density at radius 1 is 1.80 bits per heavy atom. The number of anilines is 1. The molecule has 0 aliphatic heterocycles. The zero-order valence-corrected chi connectivity index (χ0v) is 5.81. The van der Waals surface area contributed by atoms with E-state index < -0.39 is 0 Å². The van der Waals surface area contributed by atoms with Crippen LogP contribution in [0.5, 0.6) is 0 Å². The smallest absolute Gasteiger partial charge is 0.211 e. The Hall–Kier alpha value is -1.23. The van der Waals surface area contributed by atoms with E-state index >= 15 is 0 Å². The van der Waals surface area contributed by atoms with Crippen molar-refractivity contribution in [1.82, 2.24) is 9.97 Å². The van der Waals surface area contributed by atoms with Gasteiger partial charge in [-0.1, -0.05) is 0 Å². The fourth-order valence-corrected chi connectivity index (χ4v) is 0.601. The van der Waals surface area contributed by atoms with Gasteiger partial charge in [-0.2, -0.15) is 0 Å². The van der Waals surface area contributed by atoms with Crippen molar-refractivity contribution in [2.24, 2.45) is 0 Å². The van der Waals surface area contributed by atoms with Crippen LogP contribution in [0.1, 0.15) is 0 Å². The van der Waals surface area contributed by atoms with Gasteiger partial charge in [-0.15, -0.1) is 0 Å². The predicted octanol–water partition coefficient (Wildman–Crippen LogP) is 0.707. The van der Waals surface area contributed by atoms with Crippen molar-refractivity contribution in [3.63, 3.8) is 0 Å². The van der Waals surface area contributed by atoms with Crippen LogP contribution < -0.4 is 5.32 Å². The van der Waals surface area contributed by atoms with Crippen LogP contribution in [-0.4, -0.2) is 16.4 Å². The number of aromatic amines is 1. The lowest BCUT2D eigenvalue weighted by atomic mass is 10.5. The average Bonchev–Trinajstić information content (AvgIpc) is 1.95. The molecule has 0 unspecified atom stereocenters. The van der Waals surface area contributed by atoms with Crippen molar-refractivity contribution >= 4 is 24.3 Å². The van der Waals surface area contributed by atoms with Crippen LogP contribution in [0, 0.1) is 4.77 Å². The number of nitrogens with one attached hydrogen (secondary N) is 2. The molecule has 1 aromatic rings. The first-order valence-corrected chi connectivity index (χ1v) is 2.98. The second-order valence-corrected chi connectivity index (χ2v) is 1.96. The van der Waals surface area contributed by atoms with E-state index in [-0.39, 0.29) is 0 Å². The zero-order chi connectivity index (χ0) is 7.40. The SMILES string of the molecule is O=CNc1cnc(=S)[nH]c1. The van der Waals surface area contributed by atoms with E-state index in [2.05, 4.69) is 27.5 Å². The first kappa shape index (κ1) is 6.88. The lowest BCUT2D eigenvalue weighted by molar-refractivity contribution is -0.105. The van der Waals surface area contributed by atoms with Crippen molar-refractivity contribution < 1.29 is 4.79 Å². The lowest BCUT2D eigenvalue weighted by Crippen LogP contribution is -1.94. The summed E-state index contributed by atoms with van der Waals surface area (Å²) >= 11 is 4.67. The molecular formula is C5H5N3OS. The minimum Gasteiger partial charge on any atom is -0.335 e. The van der Waals surface area contributed by atoms with Crippen molar-refractivity contribution in [1.29, 1.82) is 0 Å². The van der Waals surface area contributed by atoms with E-state index in [1.807, 2.05) is 0 Å². The van der Waals surface area contributed by atoms with Gasteiger partial charge in [0.1, 0.15) is 0 Å². The number of rotatable bonds is 2. The second-order valence-electron chi connectivity index (χ2n) is 1.57. The van der Waals surface area contributed by atoms with Crippen LogP contribution in [0.25, 0.3) is 0 Å². The number of carbonyl (C=O) groups excluding carboxylic acids is 1. The van der Waals surface area contributed by atoms with Gasteiger partial charge in [-0.05, 0) is 12.2 Å². The highest BCUT2D eigenvalue weighted by atomic mass is 32.1. The zero-order valence-electron chi connectivity index (χ0n) is 5.00. The Kier molecular flexibility index (Phi) is 2.11. The van der Waals surface area contributed by atoms with Crippen molar-refractivity contribution in [3.05, 3.63) is 17.2 Å². The molecule has 4 nitrogen and oxygen atoms in total. The molecule has 1 amide bonds. The molecule has 5 heteroatoms. The van der Waals surface area contributed by atoms with Gasteiger partial charge in [0.2, 0.25) is 6.41 Å². The third kappa shape index (κ3) is 1.63. The van der Waals surface area contributed by atoms with Crippen LogP contribution >= 0.6 is 12.2 Å². The van der Waals surface area contributed by atoms with Crippen molar-refractivity contribution in [2.75, 3.05) is 5.32 Å². The highest BCUT2D eigenvalue weighted by Gasteiger charge is 1.85. The molecule has 0 aliphatic carbocycles. The molecule has 10 heavy (non-hydrogen) atoms. The maximum Gasteiger partial charge on any atom is 0.211 e. The Balaban J connectivity index is 2.89. The highest BCUT2D eigenvalue weighted by Crippen LogP contribution is 1.97. The fraction of sp³-hybridized carbons (Fsp3) is 0. The van der Waals surface area contributed by atoms with Crippen molar-refractivity contribution in [3.8, 4) is 0 Å². The van der Waals surface area contributed by atoms with Crippen molar-refractivity contribution in [2.45, 2.75) is 0 Å². The Morgan fingerprint density at radius 3 is 3.10 bits per heavy atom. The molecule has 2 N–H and O–H groups in total. The molecule has 0 saturated carbocycles. The number of hydrogen-bond donors (Lipinski definition) is 2. The lowest BCUT2D eigenvalue weighted by Gasteiger charge is -1.93.